The number of rotatable bonds is 3. The molecule has 1 N–H and O–H groups in total. The fourth-order valence-electron chi connectivity index (χ4n) is 2.53. The molecule has 2 heterocycles. The van der Waals surface area contributed by atoms with Crippen molar-refractivity contribution in [2.45, 2.75) is 20.3 Å². The molecule has 0 fully saturated rings. The summed E-state index contributed by atoms with van der Waals surface area (Å²) in [5.74, 6) is 1.55. The van der Waals surface area contributed by atoms with Crippen LogP contribution >= 0.6 is 0 Å². The number of hydrogen-bond donors (Lipinski definition) is 1. The van der Waals surface area contributed by atoms with Crippen molar-refractivity contribution in [1.82, 2.24) is 15.0 Å². The highest BCUT2D eigenvalue weighted by Gasteiger charge is 2.11. The number of aryl methyl sites for hydroxylation is 1. The predicted octanol–water partition coefficient (Wildman–Crippen LogP) is 3.60. The third-order valence-corrected chi connectivity index (χ3v) is 3.63. The molecule has 0 aliphatic rings. The Hall–Kier alpha value is -2.49. The summed E-state index contributed by atoms with van der Waals surface area (Å²) in [7, 11) is 1.89. The monoisotopic (exact) mass is 278 g/mol. The van der Waals surface area contributed by atoms with Gasteiger partial charge in [-0.15, -0.1) is 0 Å². The van der Waals surface area contributed by atoms with Crippen molar-refractivity contribution in [2.24, 2.45) is 0 Å². The van der Waals surface area contributed by atoms with E-state index in [1.807, 2.05) is 38.2 Å². The minimum absolute atomic E-state index is 0.666. The minimum Gasteiger partial charge on any atom is -0.373 e. The Morgan fingerprint density at radius 3 is 2.57 bits per heavy atom. The van der Waals surface area contributed by atoms with E-state index in [9.17, 15) is 0 Å². The van der Waals surface area contributed by atoms with Crippen LogP contribution in [0.25, 0.3) is 22.4 Å². The van der Waals surface area contributed by atoms with Crippen molar-refractivity contribution >= 4 is 16.7 Å². The van der Waals surface area contributed by atoms with E-state index in [1.54, 1.807) is 0 Å². The number of aromatic nitrogens is 3. The number of anilines is 1. The number of fused-ring (bicyclic) bond motifs is 1. The molecule has 0 unspecified atom stereocenters. The topological polar surface area (TPSA) is 50.7 Å². The van der Waals surface area contributed by atoms with E-state index < -0.39 is 0 Å². The van der Waals surface area contributed by atoms with Gasteiger partial charge in [0.1, 0.15) is 11.5 Å². The maximum absolute atomic E-state index is 4.66. The molecule has 0 amide bonds. The zero-order valence-electron chi connectivity index (χ0n) is 12.5. The van der Waals surface area contributed by atoms with Gasteiger partial charge in [-0.2, -0.15) is 0 Å². The first-order chi connectivity index (χ1) is 10.2. The van der Waals surface area contributed by atoms with Gasteiger partial charge in [0.25, 0.3) is 0 Å². The highest BCUT2D eigenvalue weighted by Crippen LogP contribution is 2.23. The standard InChI is InChI=1S/C17H18N4/c1-4-13-11(2)19-17(21-16(13)18-3)15-10-9-12-7-5-6-8-14(12)20-15/h5-10H,4H2,1-3H3,(H,18,19,21). The van der Waals surface area contributed by atoms with Crippen LogP contribution in [0.4, 0.5) is 5.82 Å². The fourth-order valence-corrected chi connectivity index (χ4v) is 2.53. The molecule has 0 aliphatic carbocycles. The number of para-hydroxylation sites is 1. The Morgan fingerprint density at radius 1 is 1.00 bits per heavy atom. The number of hydrogen-bond acceptors (Lipinski definition) is 4. The van der Waals surface area contributed by atoms with E-state index in [4.69, 9.17) is 0 Å². The van der Waals surface area contributed by atoms with E-state index in [-0.39, 0.29) is 0 Å². The second-order valence-corrected chi connectivity index (χ2v) is 4.95. The van der Waals surface area contributed by atoms with Crippen molar-refractivity contribution in [1.29, 1.82) is 0 Å². The van der Waals surface area contributed by atoms with Gasteiger partial charge in [0, 0.05) is 23.7 Å². The van der Waals surface area contributed by atoms with Gasteiger partial charge < -0.3 is 5.32 Å². The Morgan fingerprint density at radius 2 is 1.81 bits per heavy atom. The zero-order valence-corrected chi connectivity index (χ0v) is 12.5. The fraction of sp³-hybridized carbons (Fsp3) is 0.235. The number of benzene rings is 1. The normalized spacial score (nSPS) is 10.8. The first kappa shape index (κ1) is 13.5. The molecule has 4 nitrogen and oxygen atoms in total. The third-order valence-electron chi connectivity index (χ3n) is 3.63. The van der Waals surface area contributed by atoms with Crippen LogP contribution in [0.15, 0.2) is 36.4 Å². The summed E-state index contributed by atoms with van der Waals surface area (Å²) in [6.45, 7) is 4.13. The average molecular weight is 278 g/mol. The lowest BCUT2D eigenvalue weighted by Gasteiger charge is -2.11. The van der Waals surface area contributed by atoms with Gasteiger partial charge in [-0.05, 0) is 25.5 Å². The molecule has 3 aromatic rings. The van der Waals surface area contributed by atoms with Crippen LogP contribution in [0.5, 0.6) is 0 Å². The lowest BCUT2D eigenvalue weighted by Crippen LogP contribution is -2.05. The maximum Gasteiger partial charge on any atom is 0.180 e. The first-order valence-electron chi connectivity index (χ1n) is 7.14. The van der Waals surface area contributed by atoms with Crippen LogP contribution in [0.1, 0.15) is 18.2 Å². The van der Waals surface area contributed by atoms with Gasteiger partial charge in [-0.3, -0.25) is 0 Å². The number of nitrogens with one attached hydrogen (secondary N) is 1. The van der Waals surface area contributed by atoms with Gasteiger partial charge in [0.2, 0.25) is 0 Å². The van der Waals surface area contributed by atoms with Crippen LogP contribution in [0.2, 0.25) is 0 Å². The molecular weight excluding hydrogens is 260 g/mol. The van der Waals surface area contributed by atoms with E-state index in [2.05, 4.69) is 39.3 Å². The predicted molar refractivity (Wildman–Crippen MR) is 86.4 cm³/mol. The van der Waals surface area contributed by atoms with Crippen LogP contribution < -0.4 is 5.32 Å². The first-order valence-corrected chi connectivity index (χ1v) is 7.14. The SMILES string of the molecule is CCc1c(C)nc(-c2ccc3ccccc3n2)nc1NC. The molecule has 0 saturated carbocycles. The van der Waals surface area contributed by atoms with Crippen molar-refractivity contribution in [2.75, 3.05) is 12.4 Å². The summed E-state index contributed by atoms with van der Waals surface area (Å²) < 4.78 is 0. The Bertz CT molecular complexity index is 796. The summed E-state index contributed by atoms with van der Waals surface area (Å²) in [6.07, 6.45) is 0.910. The molecule has 0 aliphatic heterocycles. The van der Waals surface area contributed by atoms with E-state index in [1.165, 1.54) is 0 Å². The highest BCUT2D eigenvalue weighted by molar-refractivity contribution is 5.80. The summed E-state index contributed by atoms with van der Waals surface area (Å²) >= 11 is 0. The molecule has 0 saturated heterocycles. The van der Waals surface area contributed by atoms with Crippen molar-refractivity contribution in [3.8, 4) is 11.5 Å². The zero-order chi connectivity index (χ0) is 14.8. The Kier molecular flexibility index (Phi) is 3.52. The molecule has 3 rings (SSSR count). The second-order valence-electron chi connectivity index (χ2n) is 4.95. The lowest BCUT2D eigenvalue weighted by atomic mass is 10.1. The Balaban J connectivity index is 2.15. The van der Waals surface area contributed by atoms with E-state index in [0.717, 1.165) is 40.1 Å². The quantitative estimate of drug-likeness (QED) is 0.795. The van der Waals surface area contributed by atoms with Crippen molar-refractivity contribution in [3.63, 3.8) is 0 Å². The van der Waals surface area contributed by atoms with Gasteiger partial charge >= 0.3 is 0 Å². The van der Waals surface area contributed by atoms with E-state index in [0.29, 0.717) is 5.82 Å². The second kappa shape index (κ2) is 5.48. The molecule has 0 bridgehead atoms. The molecular formula is C17H18N4. The summed E-state index contributed by atoms with van der Waals surface area (Å²) in [5, 5.41) is 4.28. The lowest BCUT2D eigenvalue weighted by molar-refractivity contribution is 0.997. The molecule has 4 heteroatoms. The smallest absolute Gasteiger partial charge is 0.180 e. The summed E-state index contributed by atoms with van der Waals surface area (Å²) in [4.78, 5) is 13.9. The van der Waals surface area contributed by atoms with Crippen LogP contribution in [-0.2, 0) is 6.42 Å². The molecule has 1 aromatic carbocycles. The van der Waals surface area contributed by atoms with Crippen molar-refractivity contribution < 1.29 is 0 Å². The van der Waals surface area contributed by atoms with Crippen LogP contribution in [-0.4, -0.2) is 22.0 Å². The molecule has 0 radical (unpaired) electrons. The molecule has 0 atom stereocenters. The average Bonchev–Trinajstić information content (AvgIpc) is 2.53. The summed E-state index contributed by atoms with van der Waals surface area (Å²) in [5.41, 5.74) is 3.92. The van der Waals surface area contributed by atoms with Gasteiger partial charge in [-0.25, -0.2) is 15.0 Å². The van der Waals surface area contributed by atoms with E-state index >= 15 is 0 Å². The highest BCUT2D eigenvalue weighted by atomic mass is 15.0. The molecule has 106 valence electrons. The maximum atomic E-state index is 4.66. The van der Waals surface area contributed by atoms with Gasteiger partial charge in [0.05, 0.1) is 5.52 Å². The molecule has 0 spiro atoms. The number of nitrogens with zero attached hydrogens (tertiary/aromatic N) is 3. The van der Waals surface area contributed by atoms with Crippen LogP contribution in [0, 0.1) is 6.92 Å². The van der Waals surface area contributed by atoms with Gasteiger partial charge in [0.15, 0.2) is 5.82 Å². The number of pyridine rings is 1. The third kappa shape index (κ3) is 2.44. The van der Waals surface area contributed by atoms with Crippen molar-refractivity contribution in [3.05, 3.63) is 47.7 Å². The molecule has 2 aromatic heterocycles. The summed E-state index contributed by atoms with van der Waals surface area (Å²) in [6, 6.07) is 12.1. The Labute approximate surface area is 124 Å². The van der Waals surface area contributed by atoms with Gasteiger partial charge in [-0.1, -0.05) is 31.2 Å². The molecule has 21 heavy (non-hydrogen) atoms. The minimum atomic E-state index is 0.666. The largest absolute Gasteiger partial charge is 0.373 e. The van der Waals surface area contributed by atoms with Crippen LogP contribution in [0.3, 0.4) is 0 Å².